The summed E-state index contributed by atoms with van der Waals surface area (Å²) in [5.41, 5.74) is 2.79. The van der Waals surface area contributed by atoms with Crippen LogP contribution in [0.3, 0.4) is 0 Å². The molecular formula is C18H20N4O3S. The standard InChI is InChI=1S/C18H20N4O3S/c1-26(24,25)11-16(23)22-8-2-3-12(10-22)13-4-6-19-15-9-21-18-14(17(13)15)5-7-20-18/h4-7,9,12,19H,2-3,8,10-11H2,1H3. The molecule has 1 fully saturated rings. The minimum Gasteiger partial charge on any atom is -0.360 e. The molecule has 0 spiro atoms. The number of aromatic nitrogens is 3. The number of aromatic amines is 1. The summed E-state index contributed by atoms with van der Waals surface area (Å²) in [6.07, 6.45) is 8.32. The number of piperidine rings is 1. The highest BCUT2D eigenvalue weighted by molar-refractivity contribution is 7.91. The van der Waals surface area contributed by atoms with Gasteiger partial charge in [-0.15, -0.1) is 0 Å². The Hall–Kier alpha value is -2.48. The number of pyridine rings is 2. The topological polar surface area (TPSA) is 96.0 Å². The number of likely N-dealkylation sites (tertiary alicyclic amines) is 1. The van der Waals surface area contributed by atoms with Crippen LogP contribution in [-0.4, -0.2) is 59.3 Å². The van der Waals surface area contributed by atoms with Crippen molar-refractivity contribution in [1.29, 1.82) is 0 Å². The number of H-pyrrole nitrogens is 1. The van der Waals surface area contributed by atoms with E-state index in [-0.39, 0.29) is 11.8 Å². The fraction of sp³-hybridized carbons (Fsp3) is 0.389. The second kappa shape index (κ2) is 6.35. The van der Waals surface area contributed by atoms with E-state index in [2.05, 4.69) is 15.0 Å². The van der Waals surface area contributed by atoms with Gasteiger partial charge in [0, 0.05) is 48.4 Å². The average molecular weight is 372 g/mol. The van der Waals surface area contributed by atoms with E-state index in [0.717, 1.165) is 41.0 Å². The molecule has 0 aliphatic carbocycles. The number of carbonyl (C=O) groups excluding carboxylic acids is 1. The van der Waals surface area contributed by atoms with Gasteiger partial charge >= 0.3 is 0 Å². The van der Waals surface area contributed by atoms with E-state index in [4.69, 9.17) is 0 Å². The summed E-state index contributed by atoms with van der Waals surface area (Å²) in [6.45, 7) is 1.14. The van der Waals surface area contributed by atoms with E-state index in [9.17, 15) is 13.2 Å². The number of hydrogen-bond acceptors (Lipinski definition) is 5. The van der Waals surface area contributed by atoms with Crippen molar-refractivity contribution in [2.45, 2.75) is 18.8 Å². The van der Waals surface area contributed by atoms with Crippen LogP contribution in [0, 0.1) is 0 Å². The largest absolute Gasteiger partial charge is 0.360 e. The van der Waals surface area contributed by atoms with Crippen LogP contribution in [-0.2, 0) is 14.6 Å². The zero-order chi connectivity index (χ0) is 18.3. The van der Waals surface area contributed by atoms with Crippen LogP contribution < -0.4 is 0 Å². The molecule has 1 aliphatic rings. The van der Waals surface area contributed by atoms with Gasteiger partial charge in [-0.05, 0) is 30.5 Å². The first kappa shape index (κ1) is 17.0. The molecule has 7 nitrogen and oxygen atoms in total. The van der Waals surface area contributed by atoms with Crippen LogP contribution in [0.2, 0.25) is 0 Å². The second-order valence-corrected chi connectivity index (χ2v) is 9.05. The Morgan fingerprint density at radius 2 is 2.19 bits per heavy atom. The first-order valence-corrected chi connectivity index (χ1v) is 10.6. The van der Waals surface area contributed by atoms with Gasteiger partial charge in [-0.25, -0.2) is 18.4 Å². The normalized spacial score (nSPS) is 18.5. The zero-order valence-corrected chi connectivity index (χ0v) is 15.3. The quantitative estimate of drug-likeness (QED) is 0.757. The van der Waals surface area contributed by atoms with Crippen molar-refractivity contribution in [3.8, 4) is 0 Å². The van der Waals surface area contributed by atoms with Crippen molar-refractivity contribution >= 4 is 37.7 Å². The Kier molecular flexibility index (Phi) is 4.14. The Bertz CT molecular complexity index is 1090. The lowest BCUT2D eigenvalue weighted by Crippen LogP contribution is -2.41. The second-order valence-electron chi connectivity index (χ2n) is 6.91. The maximum Gasteiger partial charge on any atom is 0.237 e. The number of rotatable bonds is 3. The molecule has 8 heteroatoms. The Labute approximate surface area is 151 Å². The summed E-state index contributed by atoms with van der Waals surface area (Å²) in [5.74, 6) is -0.583. The fourth-order valence-electron chi connectivity index (χ4n) is 3.80. The van der Waals surface area contributed by atoms with E-state index < -0.39 is 15.6 Å². The highest BCUT2D eigenvalue weighted by atomic mass is 32.2. The molecule has 0 radical (unpaired) electrons. The number of nitrogens with zero attached hydrogens (tertiary/aromatic N) is 3. The average Bonchev–Trinajstić information content (AvgIpc) is 3.09. The summed E-state index contributed by atoms with van der Waals surface area (Å²) >= 11 is 0. The monoisotopic (exact) mass is 372 g/mol. The molecule has 0 aromatic carbocycles. The van der Waals surface area contributed by atoms with Gasteiger partial charge in [0.2, 0.25) is 5.91 Å². The highest BCUT2D eigenvalue weighted by Crippen LogP contribution is 2.34. The number of fused-ring (bicyclic) bond motifs is 3. The first-order valence-electron chi connectivity index (χ1n) is 8.58. The van der Waals surface area contributed by atoms with E-state index in [0.29, 0.717) is 18.7 Å². The molecule has 0 bridgehead atoms. The molecule has 1 unspecified atom stereocenters. The van der Waals surface area contributed by atoms with Crippen LogP contribution in [0.5, 0.6) is 0 Å². The van der Waals surface area contributed by atoms with Gasteiger partial charge in [0.15, 0.2) is 15.5 Å². The Morgan fingerprint density at radius 1 is 1.35 bits per heavy atom. The van der Waals surface area contributed by atoms with E-state index in [1.807, 2.05) is 18.3 Å². The summed E-state index contributed by atoms with van der Waals surface area (Å²) in [7, 11) is -3.32. The van der Waals surface area contributed by atoms with Crippen LogP contribution in [0.1, 0.15) is 24.3 Å². The van der Waals surface area contributed by atoms with Crippen LogP contribution in [0.15, 0.2) is 30.7 Å². The predicted octanol–water partition coefficient (Wildman–Crippen LogP) is 1.86. The number of carbonyl (C=O) groups is 1. The van der Waals surface area contributed by atoms with Crippen molar-refractivity contribution < 1.29 is 13.2 Å². The number of hydrogen-bond donors (Lipinski definition) is 1. The maximum atomic E-state index is 12.3. The van der Waals surface area contributed by atoms with Gasteiger partial charge < -0.3 is 9.88 Å². The molecule has 26 heavy (non-hydrogen) atoms. The zero-order valence-electron chi connectivity index (χ0n) is 14.5. The van der Waals surface area contributed by atoms with Crippen molar-refractivity contribution in [1.82, 2.24) is 19.9 Å². The molecule has 1 saturated heterocycles. The molecule has 4 heterocycles. The number of nitrogens with one attached hydrogen (secondary N) is 1. The third kappa shape index (κ3) is 3.16. The summed E-state index contributed by atoms with van der Waals surface area (Å²) in [4.78, 5) is 25.9. The number of amides is 1. The van der Waals surface area contributed by atoms with E-state index >= 15 is 0 Å². The van der Waals surface area contributed by atoms with Crippen LogP contribution in [0.25, 0.3) is 21.9 Å². The summed E-state index contributed by atoms with van der Waals surface area (Å²) in [6, 6.07) is 4.00. The lowest BCUT2D eigenvalue weighted by Gasteiger charge is -2.33. The van der Waals surface area contributed by atoms with Crippen molar-refractivity contribution in [3.63, 3.8) is 0 Å². The lowest BCUT2D eigenvalue weighted by atomic mass is 9.88. The fourth-order valence-corrected chi connectivity index (χ4v) is 4.43. The third-order valence-corrected chi connectivity index (χ3v) is 5.69. The SMILES string of the molecule is CS(=O)(=O)CC(=O)N1CCCC(c2cc[nH]c3cnc4nccc4c23)C1. The summed E-state index contributed by atoms with van der Waals surface area (Å²) < 4.78 is 22.9. The molecule has 3 aromatic rings. The van der Waals surface area contributed by atoms with Crippen molar-refractivity contribution in [2.75, 3.05) is 25.1 Å². The minimum absolute atomic E-state index is 0.157. The van der Waals surface area contributed by atoms with Crippen LogP contribution >= 0.6 is 0 Å². The molecule has 1 N–H and O–H groups in total. The van der Waals surface area contributed by atoms with E-state index in [1.165, 1.54) is 0 Å². The van der Waals surface area contributed by atoms with Gasteiger partial charge in [0.05, 0.1) is 11.7 Å². The first-order chi connectivity index (χ1) is 12.4. The molecule has 3 aromatic heterocycles. The maximum absolute atomic E-state index is 12.3. The molecular weight excluding hydrogens is 352 g/mol. The Morgan fingerprint density at radius 3 is 3.00 bits per heavy atom. The molecule has 0 saturated carbocycles. The molecule has 1 aliphatic heterocycles. The summed E-state index contributed by atoms with van der Waals surface area (Å²) in [5, 5.41) is 2.08. The van der Waals surface area contributed by atoms with Crippen molar-refractivity contribution in [3.05, 3.63) is 36.3 Å². The van der Waals surface area contributed by atoms with Gasteiger partial charge in [0.1, 0.15) is 5.75 Å². The molecule has 4 rings (SSSR count). The lowest BCUT2D eigenvalue weighted by molar-refractivity contribution is -0.129. The van der Waals surface area contributed by atoms with Crippen LogP contribution in [0.4, 0.5) is 0 Å². The smallest absolute Gasteiger partial charge is 0.237 e. The van der Waals surface area contributed by atoms with Gasteiger partial charge in [0.25, 0.3) is 0 Å². The Balaban J connectivity index is 1.71. The highest BCUT2D eigenvalue weighted by Gasteiger charge is 2.28. The van der Waals surface area contributed by atoms with Gasteiger partial charge in [-0.3, -0.25) is 4.79 Å². The van der Waals surface area contributed by atoms with Gasteiger partial charge in [-0.1, -0.05) is 0 Å². The third-order valence-electron chi connectivity index (χ3n) is 4.92. The molecule has 1 amide bonds. The van der Waals surface area contributed by atoms with Gasteiger partial charge in [-0.2, -0.15) is 0 Å². The number of sulfone groups is 1. The minimum atomic E-state index is -3.32. The molecule has 1 atom stereocenters. The molecule has 136 valence electrons. The van der Waals surface area contributed by atoms with E-state index in [1.54, 1.807) is 17.3 Å². The van der Waals surface area contributed by atoms with Crippen molar-refractivity contribution in [2.24, 2.45) is 0 Å². The predicted molar refractivity (Wildman–Crippen MR) is 99.7 cm³/mol.